The van der Waals surface area contributed by atoms with Gasteiger partial charge in [0.05, 0.1) is 0 Å². The quantitative estimate of drug-likeness (QED) is 0.753. The molecule has 1 heterocycles. The van der Waals surface area contributed by atoms with Crippen LogP contribution in [0.3, 0.4) is 0 Å². The van der Waals surface area contributed by atoms with Crippen LogP contribution < -0.4 is 0 Å². The topological polar surface area (TPSA) is 20.3 Å². The minimum atomic E-state index is 0.236. The van der Waals surface area contributed by atoms with Gasteiger partial charge in [0, 0.05) is 24.3 Å². The van der Waals surface area contributed by atoms with Crippen molar-refractivity contribution in [3.8, 4) is 0 Å². The van der Waals surface area contributed by atoms with Gasteiger partial charge in [0.1, 0.15) is 0 Å². The molecule has 0 N–H and O–H groups in total. The zero-order valence-corrected chi connectivity index (χ0v) is 10.7. The fourth-order valence-corrected chi connectivity index (χ4v) is 3.34. The van der Waals surface area contributed by atoms with Gasteiger partial charge >= 0.3 is 0 Å². The van der Waals surface area contributed by atoms with Crippen LogP contribution in [0.15, 0.2) is 24.3 Å². The van der Waals surface area contributed by atoms with Crippen molar-refractivity contribution >= 4 is 18.5 Å². The molecule has 2 aliphatic rings. The van der Waals surface area contributed by atoms with Crippen molar-refractivity contribution in [2.24, 2.45) is 0 Å². The lowest BCUT2D eigenvalue weighted by atomic mass is 9.87. The number of amides is 1. The van der Waals surface area contributed by atoms with Crippen molar-refractivity contribution in [3.63, 3.8) is 0 Å². The number of fused-ring (bicyclic) bond motifs is 1. The van der Waals surface area contributed by atoms with E-state index in [1.54, 1.807) is 0 Å². The monoisotopic (exact) mass is 247 g/mol. The maximum Gasteiger partial charge on any atom is 0.224 e. The number of rotatable bonds is 1. The van der Waals surface area contributed by atoms with E-state index in [1.165, 1.54) is 11.1 Å². The first-order chi connectivity index (χ1) is 8.24. The van der Waals surface area contributed by atoms with E-state index in [2.05, 4.69) is 36.9 Å². The predicted octanol–water partition coefficient (Wildman–Crippen LogP) is 2.07. The third-order valence-electron chi connectivity index (χ3n) is 3.90. The molecule has 1 saturated heterocycles. The first-order valence-electron chi connectivity index (χ1n) is 6.28. The van der Waals surface area contributed by atoms with E-state index in [9.17, 15) is 4.79 Å². The first kappa shape index (κ1) is 11.1. The molecule has 0 saturated carbocycles. The number of thiol groups is 1. The lowest BCUT2D eigenvalue weighted by Crippen LogP contribution is -2.40. The van der Waals surface area contributed by atoms with Crippen LogP contribution in [-0.4, -0.2) is 28.6 Å². The fraction of sp³-hybridized carbons (Fsp3) is 0.500. The van der Waals surface area contributed by atoms with Crippen LogP contribution in [0.25, 0.3) is 0 Å². The molecule has 1 aromatic carbocycles. The highest BCUT2D eigenvalue weighted by Crippen LogP contribution is 2.28. The third kappa shape index (κ3) is 2.08. The van der Waals surface area contributed by atoms with Crippen molar-refractivity contribution < 1.29 is 4.79 Å². The van der Waals surface area contributed by atoms with Gasteiger partial charge < -0.3 is 4.90 Å². The minimum absolute atomic E-state index is 0.236. The maximum atomic E-state index is 11.9. The second-order valence-electron chi connectivity index (χ2n) is 5.07. The standard InChI is InChI=1S/C14H17NOS/c16-14-8-13(17)9-15(14)12-6-5-10-3-1-2-4-11(10)7-12/h1-4,12-13,17H,5-9H2. The fourth-order valence-electron chi connectivity index (χ4n) is 3.01. The Labute approximate surface area is 107 Å². The number of nitrogens with zero attached hydrogens (tertiary/aromatic N) is 1. The SMILES string of the molecule is O=C1CC(S)CN1C1CCc2ccccc2C1. The first-order valence-corrected chi connectivity index (χ1v) is 6.80. The highest BCUT2D eigenvalue weighted by atomic mass is 32.1. The predicted molar refractivity (Wildman–Crippen MR) is 71.4 cm³/mol. The molecule has 2 unspecified atom stereocenters. The average Bonchev–Trinajstić information content (AvgIpc) is 2.68. The number of hydrogen-bond donors (Lipinski definition) is 1. The lowest BCUT2D eigenvalue weighted by Gasteiger charge is -2.32. The number of benzene rings is 1. The van der Waals surface area contributed by atoms with Gasteiger partial charge in [-0.2, -0.15) is 12.6 Å². The molecule has 0 aromatic heterocycles. The summed E-state index contributed by atoms with van der Waals surface area (Å²) in [6, 6.07) is 8.99. The zero-order valence-electron chi connectivity index (χ0n) is 9.80. The number of likely N-dealkylation sites (tertiary alicyclic amines) is 1. The summed E-state index contributed by atoms with van der Waals surface area (Å²) < 4.78 is 0. The van der Waals surface area contributed by atoms with E-state index < -0.39 is 0 Å². The molecule has 1 aliphatic heterocycles. The Balaban J connectivity index is 1.78. The molecule has 1 aromatic rings. The average molecular weight is 247 g/mol. The van der Waals surface area contributed by atoms with Crippen LogP contribution in [0.1, 0.15) is 24.0 Å². The molecule has 0 bridgehead atoms. The highest BCUT2D eigenvalue weighted by molar-refractivity contribution is 7.81. The van der Waals surface area contributed by atoms with E-state index in [0.717, 1.165) is 25.8 Å². The van der Waals surface area contributed by atoms with Crippen LogP contribution in [0.4, 0.5) is 0 Å². The maximum absolute atomic E-state index is 11.9. The van der Waals surface area contributed by atoms with E-state index in [-0.39, 0.29) is 11.2 Å². The molecule has 17 heavy (non-hydrogen) atoms. The normalized spacial score (nSPS) is 28.3. The van der Waals surface area contributed by atoms with Gasteiger partial charge in [-0.25, -0.2) is 0 Å². The molecule has 3 heteroatoms. The molecule has 1 fully saturated rings. The van der Waals surface area contributed by atoms with Gasteiger partial charge in [-0.1, -0.05) is 24.3 Å². The van der Waals surface area contributed by atoms with Gasteiger partial charge in [-0.15, -0.1) is 0 Å². The van der Waals surface area contributed by atoms with Crippen molar-refractivity contribution in [2.45, 2.75) is 37.0 Å². The minimum Gasteiger partial charge on any atom is -0.338 e. The molecule has 0 radical (unpaired) electrons. The van der Waals surface area contributed by atoms with Crippen molar-refractivity contribution in [1.82, 2.24) is 4.90 Å². The summed E-state index contributed by atoms with van der Waals surface area (Å²) in [6.45, 7) is 0.828. The van der Waals surface area contributed by atoms with E-state index >= 15 is 0 Å². The van der Waals surface area contributed by atoms with Gasteiger partial charge in [0.25, 0.3) is 0 Å². The summed E-state index contributed by atoms with van der Waals surface area (Å²) in [6.07, 6.45) is 3.83. The van der Waals surface area contributed by atoms with Gasteiger partial charge in [-0.05, 0) is 30.4 Å². The molecule has 2 atom stereocenters. The Morgan fingerprint density at radius 2 is 1.94 bits per heavy atom. The van der Waals surface area contributed by atoms with Crippen LogP contribution in [0.5, 0.6) is 0 Å². The Morgan fingerprint density at radius 1 is 1.18 bits per heavy atom. The smallest absolute Gasteiger partial charge is 0.224 e. The summed E-state index contributed by atoms with van der Waals surface area (Å²) in [7, 11) is 0. The Morgan fingerprint density at radius 3 is 2.65 bits per heavy atom. The zero-order chi connectivity index (χ0) is 11.8. The summed E-state index contributed by atoms with van der Waals surface area (Å²) in [4.78, 5) is 13.9. The second kappa shape index (κ2) is 4.37. The molecular weight excluding hydrogens is 230 g/mol. The Bertz CT molecular complexity index is 446. The molecule has 3 rings (SSSR count). The molecule has 0 spiro atoms. The van der Waals surface area contributed by atoms with Crippen LogP contribution in [0, 0.1) is 0 Å². The largest absolute Gasteiger partial charge is 0.338 e. The second-order valence-corrected chi connectivity index (χ2v) is 5.80. The van der Waals surface area contributed by atoms with Crippen LogP contribution in [-0.2, 0) is 17.6 Å². The third-order valence-corrected chi connectivity index (χ3v) is 4.25. The van der Waals surface area contributed by atoms with Crippen LogP contribution in [0.2, 0.25) is 0 Å². The van der Waals surface area contributed by atoms with E-state index in [4.69, 9.17) is 0 Å². The van der Waals surface area contributed by atoms with Gasteiger partial charge in [0.2, 0.25) is 5.91 Å². The number of carbonyl (C=O) groups is 1. The Hall–Kier alpha value is -0.960. The van der Waals surface area contributed by atoms with Crippen molar-refractivity contribution in [2.75, 3.05) is 6.54 Å². The number of aryl methyl sites for hydroxylation is 1. The van der Waals surface area contributed by atoms with E-state index in [0.29, 0.717) is 12.5 Å². The van der Waals surface area contributed by atoms with Crippen molar-refractivity contribution in [1.29, 1.82) is 0 Å². The van der Waals surface area contributed by atoms with Crippen molar-refractivity contribution in [3.05, 3.63) is 35.4 Å². The summed E-state index contributed by atoms with van der Waals surface area (Å²) in [5.74, 6) is 0.286. The highest BCUT2D eigenvalue weighted by Gasteiger charge is 2.34. The molecule has 90 valence electrons. The van der Waals surface area contributed by atoms with Gasteiger partial charge in [0.15, 0.2) is 0 Å². The lowest BCUT2D eigenvalue weighted by molar-refractivity contribution is -0.129. The van der Waals surface area contributed by atoms with Gasteiger partial charge in [-0.3, -0.25) is 4.79 Å². The molecule has 1 aliphatic carbocycles. The summed E-state index contributed by atoms with van der Waals surface area (Å²) in [5.41, 5.74) is 2.87. The number of carbonyl (C=O) groups excluding carboxylic acids is 1. The molecule has 2 nitrogen and oxygen atoms in total. The molecular formula is C14H17NOS. The summed E-state index contributed by atoms with van der Waals surface area (Å²) in [5, 5.41) is 0.236. The van der Waals surface area contributed by atoms with Crippen LogP contribution >= 0.6 is 12.6 Å². The van der Waals surface area contributed by atoms with E-state index in [1.807, 2.05) is 4.90 Å². The summed E-state index contributed by atoms with van der Waals surface area (Å²) >= 11 is 4.42. The Kier molecular flexibility index (Phi) is 2.87. The molecule has 1 amide bonds. The number of hydrogen-bond acceptors (Lipinski definition) is 2.